The molecule has 6 heteroatoms. The molecular weight excluding hydrogens is 446 g/mol. The largest absolute Gasteiger partial charge is 0.493 e. The molecule has 0 radical (unpaired) electrons. The van der Waals surface area contributed by atoms with Gasteiger partial charge in [-0.3, -0.25) is 4.79 Å². The summed E-state index contributed by atoms with van der Waals surface area (Å²) in [5.41, 5.74) is 3.39. The first-order valence-electron chi connectivity index (χ1n) is 13.1. The molecule has 3 aliphatic carbocycles. The van der Waals surface area contributed by atoms with Crippen molar-refractivity contribution < 1.29 is 19.4 Å². The van der Waals surface area contributed by atoms with Crippen molar-refractivity contribution in [3.05, 3.63) is 44.9 Å². The van der Waals surface area contributed by atoms with Crippen LogP contribution in [0.3, 0.4) is 0 Å². The third kappa shape index (κ3) is 3.69. The predicted molar refractivity (Wildman–Crippen MR) is 133 cm³/mol. The van der Waals surface area contributed by atoms with E-state index in [4.69, 9.17) is 14.5 Å². The van der Waals surface area contributed by atoms with Crippen molar-refractivity contribution in [2.24, 2.45) is 16.3 Å². The first kappa shape index (κ1) is 22.5. The first-order chi connectivity index (χ1) is 16.6. The van der Waals surface area contributed by atoms with E-state index >= 15 is 0 Å². The van der Waals surface area contributed by atoms with Gasteiger partial charge < -0.3 is 14.6 Å². The number of aliphatic hydroxyl groups excluding tert-OH is 1. The Hall–Kier alpha value is -1.92. The van der Waals surface area contributed by atoms with Crippen LogP contribution in [0.5, 0.6) is 0 Å². The fourth-order valence-electron chi connectivity index (χ4n) is 7.17. The van der Waals surface area contributed by atoms with Gasteiger partial charge in [0.05, 0.1) is 24.7 Å². The molecule has 1 saturated carbocycles. The summed E-state index contributed by atoms with van der Waals surface area (Å²) in [6, 6.07) is 1.96. The van der Waals surface area contributed by atoms with E-state index in [9.17, 15) is 9.90 Å². The number of hydrogen-bond acceptors (Lipinski definition) is 6. The Morgan fingerprint density at radius 3 is 3.09 bits per heavy atom. The van der Waals surface area contributed by atoms with E-state index < -0.39 is 6.10 Å². The Balaban J connectivity index is 1.20. The minimum Gasteiger partial charge on any atom is -0.493 e. The monoisotopic (exact) mass is 481 g/mol. The van der Waals surface area contributed by atoms with E-state index in [1.807, 2.05) is 6.07 Å². The van der Waals surface area contributed by atoms with Crippen LogP contribution in [0.1, 0.15) is 85.9 Å². The number of unbranched alkanes of at least 4 members (excludes halogenated alkanes) is 1. The van der Waals surface area contributed by atoms with Crippen molar-refractivity contribution in [3.63, 3.8) is 0 Å². The molecule has 3 heterocycles. The highest BCUT2D eigenvalue weighted by molar-refractivity contribution is 7.10. The number of carbonyl (C=O) groups is 1. The molecule has 6 rings (SSSR count). The average Bonchev–Trinajstić information content (AvgIpc) is 3.40. The third-order valence-corrected chi connectivity index (χ3v) is 9.72. The summed E-state index contributed by atoms with van der Waals surface area (Å²) in [5.74, 6) is 2.25. The normalized spacial score (nSPS) is 34.4. The quantitative estimate of drug-likeness (QED) is 0.542. The second-order valence-corrected chi connectivity index (χ2v) is 11.8. The lowest BCUT2D eigenvalue weighted by Gasteiger charge is -2.39. The molecule has 0 saturated heterocycles. The number of nitrogens with zero attached hydrogens (tertiary/aromatic N) is 1. The standard InChI is InChI=1S/C28H35NO4S/c1-32-27-18(7-3-2-6-17-9-10-23-20(26(17)31)11-13-34-23)16-28-12-5-4-8-24(28)33-22-15-19(30)14-21(29-27)25(22)28/h11,13,16-17,19,21,24,30H,2-10,12,14-15H2,1H3/t17?,19-,21+,24+,28?/m1/s1. The maximum atomic E-state index is 12.8. The molecule has 2 aliphatic heterocycles. The zero-order valence-electron chi connectivity index (χ0n) is 20.1. The lowest BCUT2D eigenvalue weighted by Crippen LogP contribution is -2.38. The van der Waals surface area contributed by atoms with Crippen LogP contribution in [-0.2, 0) is 15.9 Å². The predicted octanol–water partition coefficient (Wildman–Crippen LogP) is 5.78. The van der Waals surface area contributed by atoms with Gasteiger partial charge in [0.2, 0.25) is 5.90 Å². The van der Waals surface area contributed by atoms with Crippen molar-refractivity contribution in [2.75, 3.05) is 7.11 Å². The fraction of sp³-hybridized carbons (Fsp3) is 0.643. The van der Waals surface area contributed by atoms with E-state index in [0.717, 1.165) is 68.6 Å². The van der Waals surface area contributed by atoms with E-state index in [1.54, 1.807) is 18.4 Å². The topological polar surface area (TPSA) is 68.1 Å². The van der Waals surface area contributed by atoms with Crippen molar-refractivity contribution in [1.82, 2.24) is 0 Å². The van der Waals surface area contributed by atoms with Gasteiger partial charge in [-0.15, -0.1) is 11.3 Å². The molecule has 1 aromatic heterocycles. The van der Waals surface area contributed by atoms with Crippen LogP contribution < -0.4 is 0 Å². The second-order valence-electron chi connectivity index (χ2n) is 10.7. The molecule has 2 unspecified atom stereocenters. The van der Waals surface area contributed by atoms with Crippen LogP contribution in [0.4, 0.5) is 0 Å². The number of aliphatic imine (C=N–C) groups is 1. The Morgan fingerprint density at radius 1 is 1.29 bits per heavy atom. The number of Topliss-reactive ketones (excluding diaryl/α,β-unsaturated/α-hetero) is 1. The van der Waals surface area contributed by atoms with Crippen molar-refractivity contribution in [3.8, 4) is 0 Å². The van der Waals surface area contributed by atoms with Gasteiger partial charge >= 0.3 is 0 Å². The number of thiophene rings is 1. The zero-order valence-corrected chi connectivity index (χ0v) is 20.9. The summed E-state index contributed by atoms with van der Waals surface area (Å²) < 4.78 is 12.3. The summed E-state index contributed by atoms with van der Waals surface area (Å²) in [4.78, 5) is 19.2. The van der Waals surface area contributed by atoms with Gasteiger partial charge in [0.1, 0.15) is 11.9 Å². The Morgan fingerprint density at radius 2 is 2.21 bits per heavy atom. The molecule has 1 aromatic rings. The fourth-order valence-corrected chi connectivity index (χ4v) is 8.07. The Labute approximate surface area is 206 Å². The van der Waals surface area contributed by atoms with Crippen molar-refractivity contribution in [1.29, 1.82) is 0 Å². The average molecular weight is 482 g/mol. The lowest BCUT2D eigenvalue weighted by molar-refractivity contribution is 0.0390. The zero-order chi connectivity index (χ0) is 23.3. The van der Waals surface area contributed by atoms with Crippen molar-refractivity contribution >= 4 is 23.0 Å². The number of carbonyl (C=O) groups excluding carboxylic acids is 1. The molecule has 5 nitrogen and oxygen atoms in total. The minimum absolute atomic E-state index is 0.0507. The molecule has 0 aromatic carbocycles. The SMILES string of the molecule is COC1=N[C@H]2C[C@@H](O)CC3=C2C2(C=C1CCCCC1CCc4sccc4C1=O)CCCC[C@@H]2O3. The van der Waals surface area contributed by atoms with E-state index in [0.29, 0.717) is 18.6 Å². The van der Waals surface area contributed by atoms with Gasteiger partial charge in [0, 0.05) is 40.3 Å². The maximum Gasteiger partial charge on any atom is 0.211 e. The summed E-state index contributed by atoms with van der Waals surface area (Å²) in [5, 5.41) is 12.6. The molecule has 5 atom stereocenters. The number of aliphatic hydroxyl groups is 1. The number of ether oxygens (including phenoxy) is 2. The summed E-state index contributed by atoms with van der Waals surface area (Å²) >= 11 is 1.72. The molecule has 1 spiro atoms. The number of rotatable bonds is 5. The van der Waals surface area contributed by atoms with Gasteiger partial charge in [0.25, 0.3) is 0 Å². The number of fused-ring (bicyclic) bond motifs is 1. The number of hydrogen-bond donors (Lipinski definition) is 1. The van der Waals surface area contributed by atoms with Crippen LogP contribution in [-0.4, -0.2) is 42.1 Å². The molecule has 182 valence electrons. The van der Waals surface area contributed by atoms with Crippen LogP contribution in [0.2, 0.25) is 0 Å². The van der Waals surface area contributed by atoms with Crippen molar-refractivity contribution in [2.45, 2.75) is 95.3 Å². The van der Waals surface area contributed by atoms with Crippen LogP contribution in [0, 0.1) is 11.3 Å². The van der Waals surface area contributed by atoms with Gasteiger partial charge in [-0.1, -0.05) is 18.9 Å². The smallest absolute Gasteiger partial charge is 0.211 e. The summed E-state index contributed by atoms with van der Waals surface area (Å²) in [6.07, 6.45) is 14.0. The highest BCUT2D eigenvalue weighted by Crippen LogP contribution is 2.57. The van der Waals surface area contributed by atoms with Crippen LogP contribution >= 0.6 is 11.3 Å². The van der Waals surface area contributed by atoms with E-state index in [2.05, 4.69) is 11.5 Å². The Kier molecular flexibility index (Phi) is 5.93. The van der Waals surface area contributed by atoms with Gasteiger partial charge in [0.15, 0.2) is 5.78 Å². The lowest BCUT2D eigenvalue weighted by atomic mass is 9.64. The summed E-state index contributed by atoms with van der Waals surface area (Å²) in [7, 11) is 1.72. The molecule has 0 amide bonds. The van der Waals surface area contributed by atoms with Gasteiger partial charge in [-0.05, 0) is 62.8 Å². The number of methoxy groups -OCH3 is 1. The second kappa shape index (κ2) is 8.94. The number of ketones is 1. The molecule has 34 heavy (non-hydrogen) atoms. The van der Waals surface area contributed by atoms with E-state index in [-0.39, 0.29) is 23.5 Å². The molecule has 5 aliphatic rings. The van der Waals surface area contributed by atoms with E-state index in [1.165, 1.54) is 28.9 Å². The molecule has 1 fully saturated rings. The van der Waals surface area contributed by atoms with Gasteiger partial charge in [-0.2, -0.15) is 0 Å². The number of aryl methyl sites for hydroxylation is 1. The summed E-state index contributed by atoms with van der Waals surface area (Å²) in [6.45, 7) is 0. The molecular formula is C28H35NO4S. The maximum absolute atomic E-state index is 12.8. The first-order valence-corrected chi connectivity index (χ1v) is 14.0. The Bertz CT molecular complexity index is 1070. The minimum atomic E-state index is -0.402. The molecule has 1 N–H and O–H groups in total. The molecule has 0 bridgehead atoms. The highest BCUT2D eigenvalue weighted by atomic mass is 32.1. The van der Waals surface area contributed by atoms with Gasteiger partial charge in [-0.25, -0.2) is 4.99 Å². The highest BCUT2D eigenvalue weighted by Gasteiger charge is 2.55. The van der Waals surface area contributed by atoms with Crippen LogP contribution in [0.25, 0.3) is 0 Å². The van der Waals surface area contributed by atoms with Crippen LogP contribution in [0.15, 0.2) is 39.4 Å². The third-order valence-electron chi connectivity index (χ3n) is 8.74.